The lowest BCUT2D eigenvalue weighted by Gasteiger charge is -2.12. The van der Waals surface area contributed by atoms with Gasteiger partial charge in [-0.05, 0) is 29.8 Å². The van der Waals surface area contributed by atoms with E-state index >= 15 is 0 Å². The molecule has 0 unspecified atom stereocenters. The SMILES string of the molecule is COc1cc(CNC(=O)CCNC(=O)c2ccccc2Cl)ccc1OC(F)F. The van der Waals surface area contributed by atoms with Crippen LogP contribution in [0.1, 0.15) is 22.3 Å². The van der Waals surface area contributed by atoms with E-state index < -0.39 is 6.61 Å². The molecule has 6 nitrogen and oxygen atoms in total. The van der Waals surface area contributed by atoms with Crippen molar-refractivity contribution in [3.8, 4) is 11.5 Å². The molecule has 0 saturated heterocycles. The van der Waals surface area contributed by atoms with Crippen molar-refractivity contribution < 1.29 is 27.8 Å². The fourth-order valence-corrected chi connectivity index (χ4v) is 2.56. The average molecular weight is 413 g/mol. The summed E-state index contributed by atoms with van der Waals surface area (Å²) in [5.41, 5.74) is 0.981. The van der Waals surface area contributed by atoms with Crippen LogP contribution in [0.4, 0.5) is 8.78 Å². The van der Waals surface area contributed by atoms with Crippen LogP contribution < -0.4 is 20.1 Å². The van der Waals surface area contributed by atoms with Crippen LogP contribution in [0.25, 0.3) is 0 Å². The van der Waals surface area contributed by atoms with Crippen molar-refractivity contribution in [2.24, 2.45) is 0 Å². The lowest BCUT2D eigenvalue weighted by molar-refractivity contribution is -0.121. The van der Waals surface area contributed by atoms with Gasteiger partial charge in [0.2, 0.25) is 5.91 Å². The van der Waals surface area contributed by atoms with Crippen LogP contribution in [-0.4, -0.2) is 32.1 Å². The van der Waals surface area contributed by atoms with Crippen LogP contribution in [0, 0.1) is 0 Å². The quantitative estimate of drug-likeness (QED) is 0.662. The Morgan fingerprint density at radius 3 is 2.54 bits per heavy atom. The zero-order valence-corrected chi connectivity index (χ0v) is 15.8. The van der Waals surface area contributed by atoms with Crippen LogP contribution in [-0.2, 0) is 11.3 Å². The average Bonchev–Trinajstić information content (AvgIpc) is 2.67. The summed E-state index contributed by atoms with van der Waals surface area (Å²) >= 11 is 5.94. The van der Waals surface area contributed by atoms with E-state index in [-0.39, 0.29) is 42.8 Å². The van der Waals surface area contributed by atoms with Crippen LogP contribution in [0.5, 0.6) is 11.5 Å². The monoisotopic (exact) mass is 412 g/mol. The maximum absolute atomic E-state index is 12.3. The first-order valence-corrected chi connectivity index (χ1v) is 8.69. The van der Waals surface area contributed by atoms with Crippen molar-refractivity contribution in [1.29, 1.82) is 0 Å². The predicted octanol–water partition coefficient (Wildman–Crippen LogP) is 3.39. The molecule has 2 aromatic carbocycles. The van der Waals surface area contributed by atoms with Crippen molar-refractivity contribution >= 4 is 23.4 Å². The molecule has 0 aliphatic heterocycles. The number of halogens is 3. The minimum atomic E-state index is -2.96. The summed E-state index contributed by atoms with van der Waals surface area (Å²) in [4.78, 5) is 23.9. The number of hydrogen-bond donors (Lipinski definition) is 2. The Labute approximate surface area is 165 Å². The number of rotatable bonds is 9. The number of carbonyl (C=O) groups excluding carboxylic acids is 2. The smallest absolute Gasteiger partial charge is 0.387 e. The second kappa shape index (κ2) is 10.5. The van der Waals surface area contributed by atoms with Gasteiger partial charge >= 0.3 is 6.61 Å². The standard InChI is InChI=1S/C19H19ClF2N2O4/c1-27-16-10-12(6-7-15(16)28-19(21)22)11-24-17(25)8-9-23-18(26)13-4-2-3-5-14(13)20/h2-7,10,19H,8-9,11H2,1H3,(H,23,26)(H,24,25). The summed E-state index contributed by atoms with van der Waals surface area (Å²) in [6.45, 7) is -2.65. The van der Waals surface area contributed by atoms with Gasteiger partial charge < -0.3 is 20.1 Å². The fraction of sp³-hybridized carbons (Fsp3) is 0.263. The van der Waals surface area contributed by atoms with E-state index in [0.29, 0.717) is 16.1 Å². The van der Waals surface area contributed by atoms with Gasteiger partial charge in [-0.15, -0.1) is 0 Å². The van der Waals surface area contributed by atoms with E-state index in [9.17, 15) is 18.4 Å². The molecule has 0 radical (unpaired) electrons. The molecular weight excluding hydrogens is 394 g/mol. The molecule has 0 aliphatic carbocycles. The van der Waals surface area contributed by atoms with Crippen molar-refractivity contribution in [1.82, 2.24) is 10.6 Å². The van der Waals surface area contributed by atoms with E-state index in [2.05, 4.69) is 15.4 Å². The molecule has 2 N–H and O–H groups in total. The van der Waals surface area contributed by atoms with Crippen molar-refractivity contribution in [2.45, 2.75) is 19.6 Å². The first kappa shape index (κ1) is 21.4. The first-order chi connectivity index (χ1) is 13.4. The van der Waals surface area contributed by atoms with Gasteiger partial charge in [-0.1, -0.05) is 29.8 Å². The molecule has 2 rings (SSSR count). The Morgan fingerprint density at radius 1 is 1.11 bits per heavy atom. The van der Waals surface area contributed by atoms with Crippen molar-refractivity contribution in [3.63, 3.8) is 0 Å². The predicted molar refractivity (Wildman–Crippen MR) is 99.9 cm³/mol. The Hall–Kier alpha value is -2.87. The Balaban J connectivity index is 1.79. The fourth-order valence-electron chi connectivity index (χ4n) is 2.33. The third-order valence-electron chi connectivity index (χ3n) is 3.69. The van der Waals surface area contributed by atoms with Crippen LogP contribution in [0.15, 0.2) is 42.5 Å². The van der Waals surface area contributed by atoms with Gasteiger partial charge in [-0.3, -0.25) is 9.59 Å². The van der Waals surface area contributed by atoms with Gasteiger partial charge in [-0.2, -0.15) is 8.78 Å². The molecule has 0 spiro atoms. The van der Waals surface area contributed by atoms with E-state index in [1.165, 1.54) is 19.2 Å². The number of ether oxygens (including phenoxy) is 2. The molecule has 0 aliphatic rings. The minimum Gasteiger partial charge on any atom is -0.493 e. The number of carbonyl (C=O) groups is 2. The van der Waals surface area contributed by atoms with Crippen molar-refractivity contribution in [2.75, 3.05) is 13.7 Å². The van der Waals surface area contributed by atoms with Gasteiger partial charge in [0.25, 0.3) is 5.91 Å². The molecule has 0 bridgehead atoms. The summed E-state index contributed by atoms with van der Waals surface area (Å²) in [6, 6.07) is 11.0. The van der Waals surface area contributed by atoms with E-state index in [1.807, 2.05) is 0 Å². The Morgan fingerprint density at radius 2 is 1.86 bits per heavy atom. The molecule has 0 saturated carbocycles. The number of benzene rings is 2. The third kappa shape index (κ3) is 6.38. The highest BCUT2D eigenvalue weighted by Crippen LogP contribution is 2.29. The highest BCUT2D eigenvalue weighted by Gasteiger charge is 2.12. The summed E-state index contributed by atoms with van der Waals surface area (Å²) in [7, 11) is 1.33. The maximum atomic E-state index is 12.3. The molecule has 0 aromatic heterocycles. The van der Waals surface area contributed by atoms with Crippen LogP contribution in [0.3, 0.4) is 0 Å². The second-order valence-electron chi connectivity index (χ2n) is 5.63. The van der Waals surface area contributed by atoms with Crippen LogP contribution >= 0.6 is 11.6 Å². The number of hydrogen-bond acceptors (Lipinski definition) is 4. The number of nitrogens with one attached hydrogen (secondary N) is 2. The van der Waals surface area contributed by atoms with Crippen LogP contribution in [0.2, 0.25) is 5.02 Å². The minimum absolute atomic E-state index is 0.0693. The molecule has 2 aromatic rings. The third-order valence-corrected chi connectivity index (χ3v) is 4.02. The molecule has 28 heavy (non-hydrogen) atoms. The lowest BCUT2D eigenvalue weighted by Crippen LogP contribution is -2.30. The summed E-state index contributed by atoms with van der Waals surface area (Å²) < 4.78 is 34.0. The van der Waals surface area contributed by atoms with E-state index in [4.69, 9.17) is 16.3 Å². The summed E-state index contributed by atoms with van der Waals surface area (Å²) in [5.74, 6) is -0.599. The van der Waals surface area contributed by atoms with Crippen molar-refractivity contribution in [3.05, 3.63) is 58.6 Å². The second-order valence-corrected chi connectivity index (χ2v) is 6.03. The van der Waals surface area contributed by atoms with Gasteiger partial charge in [0.05, 0.1) is 17.7 Å². The Bertz CT molecular complexity index is 833. The topological polar surface area (TPSA) is 76.7 Å². The zero-order valence-electron chi connectivity index (χ0n) is 15.0. The molecule has 150 valence electrons. The Kier molecular flexibility index (Phi) is 8.01. The van der Waals surface area contributed by atoms with Gasteiger partial charge in [0.15, 0.2) is 11.5 Å². The highest BCUT2D eigenvalue weighted by atomic mass is 35.5. The maximum Gasteiger partial charge on any atom is 0.387 e. The summed E-state index contributed by atoms with van der Waals surface area (Å²) in [5, 5.41) is 5.63. The van der Waals surface area contributed by atoms with Gasteiger partial charge in [0.1, 0.15) is 0 Å². The normalized spacial score (nSPS) is 10.5. The number of methoxy groups -OCH3 is 1. The summed E-state index contributed by atoms with van der Waals surface area (Å²) in [6.07, 6.45) is 0.0693. The van der Waals surface area contributed by atoms with Gasteiger partial charge in [0, 0.05) is 19.5 Å². The molecule has 0 fully saturated rings. The first-order valence-electron chi connectivity index (χ1n) is 8.32. The molecule has 0 atom stereocenters. The van der Waals surface area contributed by atoms with E-state index in [1.54, 1.807) is 30.3 Å². The largest absolute Gasteiger partial charge is 0.493 e. The van der Waals surface area contributed by atoms with Gasteiger partial charge in [-0.25, -0.2) is 0 Å². The molecule has 9 heteroatoms. The number of amides is 2. The van der Waals surface area contributed by atoms with E-state index in [0.717, 1.165) is 0 Å². The molecule has 0 heterocycles. The molecular formula is C19H19ClF2N2O4. The number of alkyl halides is 2. The lowest BCUT2D eigenvalue weighted by atomic mass is 10.2. The zero-order chi connectivity index (χ0) is 20.5. The highest BCUT2D eigenvalue weighted by molar-refractivity contribution is 6.33. The molecule has 2 amide bonds.